The van der Waals surface area contributed by atoms with Crippen LogP contribution in [0, 0.1) is 28.6 Å². The number of aliphatic hydroxyl groups is 3. The van der Waals surface area contributed by atoms with E-state index in [0.29, 0.717) is 24.9 Å². The molecule has 7 heteroatoms. The largest absolute Gasteiger partial charge is 0.461 e. The van der Waals surface area contributed by atoms with Crippen molar-refractivity contribution in [2.24, 2.45) is 33.6 Å². The predicted molar refractivity (Wildman–Crippen MR) is 151 cm³/mol. The third-order valence-corrected chi connectivity index (χ3v) is 9.55. The Morgan fingerprint density at radius 3 is 2.67 bits per heavy atom. The first-order valence-electron chi connectivity index (χ1n) is 13.9. The maximum absolute atomic E-state index is 12.4. The molecule has 1 aromatic carbocycles. The number of amides is 1. The maximum Gasteiger partial charge on any atom is 0.253 e. The average Bonchev–Trinajstić information content (AvgIpc) is 3.16. The second kappa shape index (κ2) is 10.5. The minimum absolute atomic E-state index is 0.0489. The molecule has 7 nitrogen and oxygen atoms in total. The number of hydrogen-bond acceptors (Lipinski definition) is 6. The van der Waals surface area contributed by atoms with Crippen LogP contribution >= 0.6 is 0 Å². The van der Waals surface area contributed by atoms with E-state index in [0.717, 1.165) is 48.5 Å². The van der Waals surface area contributed by atoms with Crippen molar-refractivity contribution in [3.8, 4) is 0 Å². The molecule has 0 aromatic heterocycles. The molecule has 2 fully saturated rings. The fourth-order valence-electron chi connectivity index (χ4n) is 7.12. The monoisotopic (exact) mass is 532 g/mol. The van der Waals surface area contributed by atoms with Crippen LogP contribution in [0.15, 0.2) is 72.6 Å². The van der Waals surface area contributed by atoms with E-state index in [-0.39, 0.29) is 16.7 Å². The number of aliphatic imine (C=N–C) groups is 1. The lowest BCUT2D eigenvalue weighted by atomic mass is 9.87. The van der Waals surface area contributed by atoms with E-state index < -0.39 is 24.7 Å². The average molecular weight is 533 g/mol. The third kappa shape index (κ3) is 4.92. The molecule has 1 aromatic rings. The van der Waals surface area contributed by atoms with Crippen molar-refractivity contribution in [3.63, 3.8) is 0 Å². The zero-order chi connectivity index (χ0) is 27.9. The van der Waals surface area contributed by atoms with Crippen LogP contribution in [0.25, 0.3) is 5.76 Å². The number of likely N-dealkylation sites (tertiary alicyclic amines) is 1. The standard InChI is InChI=1S/C32H40N2O5/c1-5-32-19-34(30(38)27(37)17-35)18-31(32,4)29(32)11-8-22-6-9-24(10-7-22)28-16-25(21(3)39-28)14-23-12-13-33-26(15-23)20(2)36/h5-7,9-10,12-13,16,20,23,25,27,29,35-37H,1,3,8,11,14-15,17-19H2,2,4H3/t20-,23?,25?,27?,29+,31+,32-/m0/s1. The lowest BCUT2D eigenvalue weighted by molar-refractivity contribution is -0.142. The van der Waals surface area contributed by atoms with Crippen LogP contribution in [0.1, 0.15) is 44.2 Å². The molecule has 0 radical (unpaired) electrons. The number of carbonyl (C=O) groups is 1. The van der Waals surface area contributed by atoms with Crippen LogP contribution in [0.2, 0.25) is 0 Å². The Kier molecular flexibility index (Phi) is 7.44. The Morgan fingerprint density at radius 2 is 2.03 bits per heavy atom. The van der Waals surface area contributed by atoms with Crippen molar-refractivity contribution in [2.45, 2.75) is 51.7 Å². The van der Waals surface area contributed by atoms with Gasteiger partial charge in [-0.05, 0) is 61.5 Å². The Balaban J connectivity index is 1.16. The van der Waals surface area contributed by atoms with Crippen LogP contribution in [-0.2, 0) is 16.0 Å². The number of ether oxygens (including phenoxy) is 1. The number of allylic oxidation sites excluding steroid dienone is 2. The summed E-state index contributed by atoms with van der Waals surface area (Å²) in [7, 11) is 0. The van der Waals surface area contributed by atoms with Gasteiger partial charge in [0.05, 0.1) is 12.7 Å². The molecule has 1 aliphatic carbocycles. The number of nitrogens with zero attached hydrogens (tertiary/aromatic N) is 2. The summed E-state index contributed by atoms with van der Waals surface area (Å²) in [4.78, 5) is 18.4. The number of aryl methyl sites for hydroxylation is 1. The highest BCUT2D eigenvalue weighted by atomic mass is 16.5. The molecule has 208 valence electrons. The molecule has 3 heterocycles. The van der Waals surface area contributed by atoms with Crippen molar-refractivity contribution in [1.82, 2.24) is 4.90 Å². The van der Waals surface area contributed by atoms with E-state index in [1.165, 1.54) is 5.56 Å². The van der Waals surface area contributed by atoms with Gasteiger partial charge in [0, 0.05) is 41.9 Å². The zero-order valence-electron chi connectivity index (χ0n) is 22.9. The Labute approximate surface area is 230 Å². The number of fused-ring (bicyclic) bond motifs is 1. The van der Waals surface area contributed by atoms with Crippen LogP contribution in [-0.4, -0.2) is 63.7 Å². The summed E-state index contributed by atoms with van der Waals surface area (Å²) in [5.41, 5.74) is 2.92. The highest BCUT2D eigenvalue weighted by Crippen LogP contribution is 2.75. The molecule has 39 heavy (non-hydrogen) atoms. The molecule has 1 saturated carbocycles. The molecule has 7 atom stereocenters. The van der Waals surface area contributed by atoms with Crippen molar-refractivity contribution < 1.29 is 24.9 Å². The van der Waals surface area contributed by atoms with Gasteiger partial charge in [-0.25, -0.2) is 0 Å². The van der Waals surface area contributed by atoms with Crippen molar-refractivity contribution >= 4 is 17.4 Å². The van der Waals surface area contributed by atoms with Gasteiger partial charge in [-0.3, -0.25) is 9.79 Å². The van der Waals surface area contributed by atoms with Crippen LogP contribution < -0.4 is 0 Å². The van der Waals surface area contributed by atoms with Crippen molar-refractivity contribution in [1.29, 1.82) is 0 Å². The topological polar surface area (TPSA) is 103 Å². The number of piperidine rings is 1. The molecule has 0 bridgehead atoms. The van der Waals surface area contributed by atoms with E-state index in [9.17, 15) is 15.0 Å². The summed E-state index contributed by atoms with van der Waals surface area (Å²) >= 11 is 0. The first kappa shape index (κ1) is 27.6. The van der Waals surface area contributed by atoms with E-state index in [4.69, 9.17) is 9.84 Å². The SMILES string of the molecule is C=C[C@@]12CN(C(=O)C(O)CO)C[C@]1(C)[C@H]2CCc1ccc(C2=CC(CC3C=CN=C([C@H](C)O)C3)C(=C)O2)cc1. The Bertz CT molecular complexity index is 1230. The van der Waals surface area contributed by atoms with Gasteiger partial charge in [-0.1, -0.05) is 49.9 Å². The van der Waals surface area contributed by atoms with E-state index in [1.807, 2.05) is 6.08 Å². The second-order valence-corrected chi connectivity index (χ2v) is 11.9. The fraction of sp³-hybridized carbons (Fsp3) is 0.500. The van der Waals surface area contributed by atoms with Gasteiger partial charge >= 0.3 is 0 Å². The maximum atomic E-state index is 12.4. The van der Waals surface area contributed by atoms with Gasteiger partial charge in [-0.15, -0.1) is 6.58 Å². The van der Waals surface area contributed by atoms with Gasteiger partial charge in [-0.2, -0.15) is 0 Å². The quantitative estimate of drug-likeness (QED) is 0.397. The van der Waals surface area contributed by atoms with Crippen molar-refractivity contribution in [2.75, 3.05) is 19.7 Å². The number of rotatable bonds is 10. The molecule has 3 N–H and O–H groups in total. The Morgan fingerprint density at radius 1 is 1.28 bits per heavy atom. The molecule has 3 unspecified atom stereocenters. The summed E-state index contributed by atoms with van der Waals surface area (Å²) in [5, 5.41) is 28.8. The minimum Gasteiger partial charge on any atom is -0.461 e. The molecule has 0 spiro atoms. The highest BCUT2D eigenvalue weighted by Gasteiger charge is 2.75. The van der Waals surface area contributed by atoms with E-state index in [1.54, 1.807) is 18.0 Å². The van der Waals surface area contributed by atoms with Crippen LogP contribution in [0.4, 0.5) is 0 Å². The number of hydrogen-bond donors (Lipinski definition) is 3. The van der Waals surface area contributed by atoms with Gasteiger partial charge in [0.1, 0.15) is 11.5 Å². The first-order chi connectivity index (χ1) is 18.6. The van der Waals surface area contributed by atoms with E-state index >= 15 is 0 Å². The van der Waals surface area contributed by atoms with Crippen LogP contribution in [0.5, 0.6) is 0 Å². The Hall–Kier alpha value is -3.00. The van der Waals surface area contributed by atoms with Crippen molar-refractivity contribution in [3.05, 3.63) is 78.7 Å². The lowest BCUT2D eigenvalue weighted by Crippen LogP contribution is -2.42. The molecule has 3 aliphatic heterocycles. The van der Waals surface area contributed by atoms with Gasteiger partial charge < -0.3 is 25.0 Å². The molecule has 1 saturated heterocycles. The van der Waals surface area contributed by atoms with Gasteiger partial charge in [0.2, 0.25) is 0 Å². The third-order valence-electron chi connectivity index (χ3n) is 9.55. The highest BCUT2D eigenvalue weighted by molar-refractivity contribution is 5.89. The lowest BCUT2D eigenvalue weighted by Gasteiger charge is -2.25. The summed E-state index contributed by atoms with van der Waals surface area (Å²) in [6, 6.07) is 8.51. The first-order valence-corrected chi connectivity index (χ1v) is 13.9. The molecule has 5 rings (SSSR count). The number of carbonyl (C=O) groups excluding carboxylic acids is 1. The van der Waals surface area contributed by atoms with Gasteiger partial charge in [0.25, 0.3) is 5.91 Å². The number of benzene rings is 1. The molecular weight excluding hydrogens is 492 g/mol. The smallest absolute Gasteiger partial charge is 0.253 e. The summed E-state index contributed by atoms with van der Waals surface area (Å²) in [6.07, 6.45) is 9.71. The predicted octanol–water partition coefficient (Wildman–Crippen LogP) is 3.87. The summed E-state index contributed by atoms with van der Waals surface area (Å²) < 4.78 is 6.06. The number of aliphatic hydroxyl groups excluding tert-OH is 3. The second-order valence-electron chi connectivity index (χ2n) is 11.9. The zero-order valence-corrected chi connectivity index (χ0v) is 22.9. The summed E-state index contributed by atoms with van der Waals surface area (Å²) in [5.74, 6) is 2.04. The van der Waals surface area contributed by atoms with E-state index in [2.05, 4.69) is 61.5 Å². The fourth-order valence-corrected chi connectivity index (χ4v) is 7.12. The van der Waals surface area contributed by atoms with Crippen LogP contribution in [0.3, 0.4) is 0 Å². The van der Waals surface area contributed by atoms with Gasteiger partial charge in [0.15, 0.2) is 6.10 Å². The normalized spacial score (nSPS) is 32.7. The minimum atomic E-state index is -1.35. The molecule has 1 amide bonds. The summed E-state index contributed by atoms with van der Waals surface area (Å²) in [6.45, 7) is 12.8. The molecule has 4 aliphatic rings. The molecular formula is C32H40N2O5.